The lowest BCUT2D eigenvalue weighted by atomic mass is 10.5. The molecule has 82 valence electrons. The van der Waals surface area contributed by atoms with Crippen molar-refractivity contribution in [2.75, 3.05) is 18.1 Å². The summed E-state index contributed by atoms with van der Waals surface area (Å²) in [5.74, 6) is 0.817. The highest BCUT2D eigenvalue weighted by Gasteiger charge is 2.27. The second kappa shape index (κ2) is 4.21. The highest BCUT2D eigenvalue weighted by atomic mass is 32.2. The zero-order valence-electron chi connectivity index (χ0n) is 7.87. The second-order valence-corrected chi connectivity index (χ2v) is 4.27. The third-order valence-electron chi connectivity index (χ3n) is 2.04. The Labute approximate surface area is 90.1 Å². The fourth-order valence-corrected chi connectivity index (χ4v) is 2.26. The van der Waals surface area contributed by atoms with Crippen LogP contribution in [0.4, 0.5) is 5.82 Å². The third kappa shape index (κ3) is 2.14. The van der Waals surface area contributed by atoms with Crippen LogP contribution < -0.4 is 11.4 Å². The Kier molecular flexibility index (Phi) is 2.94. The highest BCUT2D eigenvalue weighted by molar-refractivity contribution is 8.00. The average Bonchev–Trinajstić information content (AvgIpc) is 2.66. The summed E-state index contributed by atoms with van der Waals surface area (Å²) in [6, 6.07) is 1.54. The van der Waals surface area contributed by atoms with Crippen molar-refractivity contribution < 1.29 is 9.84 Å². The summed E-state index contributed by atoms with van der Waals surface area (Å²) >= 11 is 1.47. The molecular formula is C8H11N3O3S. The van der Waals surface area contributed by atoms with Gasteiger partial charge in [0.1, 0.15) is 17.5 Å². The number of rotatable bonds is 2. The largest absolute Gasteiger partial charge is 0.393 e. The Morgan fingerprint density at radius 2 is 2.60 bits per heavy atom. The monoisotopic (exact) mass is 229 g/mol. The lowest BCUT2D eigenvalue weighted by Gasteiger charge is -2.13. The van der Waals surface area contributed by atoms with Crippen LogP contribution in [0.1, 0.15) is 6.23 Å². The molecule has 1 aromatic rings. The zero-order chi connectivity index (χ0) is 10.8. The molecule has 1 fully saturated rings. The third-order valence-corrected chi connectivity index (χ3v) is 3.15. The molecule has 0 spiro atoms. The van der Waals surface area contributed by atoms with E-state index in [2.05, 4.69) is 4.98 Å². The molecule has 3 N–H and O–H groups in total. The van der Waals surface area contributed by atoms with Gasteiger partial charge in [0.2, 0.25) is 0 Å². The number of nitrogens with zero attached hydrogens (tertiary/aromatic N) is 2. The highest BCUT2D eigenvalue weighted by Crippen LogP contribution is 2.30. The van der Waals surface area contributed by atoms with E-state index in [1.165, 1.54) is 16.3 Å². The number of aromatic nitrogens is 2. The van der Waals surface area contributed by atoms with Gasteiger partial charge in [-0.3, -0.25) is 4.57 Å². The first kappa shape index (κ1) is 10.5. The maximum absolute atomic E-state index is 11.4. The molecule has 1 unspecified atom stereocenters. The van der Waals surface area contributed by atoms with Gasteiger partial charge in [0.25, 0.3) is 0 Å². The van der Waals surface area contributed by atoms with E-state index in [0.29, 0.717) is 5.75 Å². The molecule has 15 heavy (non-hydrogen) atoms. The normalized spacial score (nSPS) is 25.7. The topological polar surface area (TPSA) is 90.4 Å². The molecule has 2 heterocycles. The second-order valence-electron chi connectivity index (χ2n) is 3.08. The molecule has 1 saturated heterocycles. The van der Waals surface area contributed by atoms with Crippen molar-refractivity contribution in [1.82, 2.24) is 9.55 Å². The van der Waals surface area contributed by atoms with Crippen molar-refractivity contribution in [1.29, 1.82) is 0 Å². The van der Waals surface area contributed by atoms with Gasteiger partial charge in [-0.15, -0.1) is 11.8 Å². The maximum atomic E-state index is 11.4. The molecule has 1 aromatic heterocycles. The van der Waals surface area contributed by atoms with E-state index in [9.17, 15) is 4.79 Å². The van der Waals surface area contributed by atoms with Crippen LogP contribution in [0.2, 0.25) is 0 Å². The van der Waals surface area contributed by atoms with Gasteiger partial charge in [0.05, 0.1) is 6.61 Å². The number of anilines is 1. The van der Waals surface area contributed by atoms with Gasteiger partial charge in [-0.2, -0.15) is 4.98 Å². The van der Waals surface area contributed by atoms with Crippen LogP contribution >= 0.6 is 11.8 Å². The number of thioether (sulfide) groups is 1. The smallest absolute Gasteiger partial charge is 0.351 e. The summed E-state index contributed by atoms with van der Waals surface area (Å²) < 4.78 is 6.79. The van der Waals surface area contributed by atoms with Crippen molar-refractivity contribution in [3.8, 4) is 0 Å². The average molecular weight is 229 g/mol. The van der Waals surface area contributed by atoms with Crippen LogP contribution in [0.15, 0.2) is 17.1 Å². The van der Waals surface area contributed by atoms with Crippen LogP contribution in [-0.4, -0.2) is 32.5 Å². The summed E-state index contributed by atoms with van der Waals surface area (Å²) in [7, 11) is 0. The van der Waals surface area contributed by atoms with E-state index in [1.807, 2.05) is 0 Å². The maximum Gasteiger partial charge on any atom is 0.351 e. The van der Waals surface area contributed by atoms with Gasteiger partial charge in [0, 0.05) is 11.9 Å². The molecule has 0 aromatic carbocycles. The van der Waals surface area contributed by atoms with E-state index in [-0.39, 0.29) is 24.1 Å². The standard InChI is InChI=1S/C8H11N3O3S/c9-5-1-2-11(8(13)10-5)6-4-15-7(3-12)14-6/h1-2,6-7,12H,3-4H2,(H2,9,10,13)/t6-,7?/m1/s1. The lowest BCUT2D eigenvalue weighted by molar-refractivity contribution is -0.00629. The van der Waals surface area contributed by atoms with Crippen LogP contribution in [0, 0.1) is 0 Å². The molecule has 0 saturated carbocycles. The molecule has 0 bridgehead atoms. The number of hydrogen-bond donors (Lipinski definition) is 2. The molecular weight excluding hydrogens is 218 g/mol. The van der Waals surface area contributed by atoms with E-state index in [0.717, 1.165) is 0 Å². The van der Waals surface area contributed by atoms with Gasteiger partial charge < -0.3 is 15.6 Å². The molecule has 1 aliphatic heterocycles. The van der Waals surface area contributed by atoms with E-state index in [1.54, 1.807) is 12.3 Å². The Bertz CT molecular complexity index is 408. The number of hydrogen-bond acceptors (Lipinski definition) is 6. The van der Waals surface area contributed by atoms with Crippen LogP contribution in [0.25, 0.3) is 0 Å². The minimum absolute atomic E-state index is 0.0572. The predicted molar refractivity (Wildman–Crippen MR) is 56.4 cm³/mol. The van der Waals surface area contributed by atoms with Gasteiger partial charge in [-0.1, -0.05) is 0 Å². The molecule has 2 atom stereocenters. The summed E-state index contributed by atoms with van der Waals surface area (Å²) in [4.78, 5) is 15.0. The summed E-state index contributed by atoms with van der Waals surface area (Å²) in [5.41, 5.74) is 4.67. The summed E-state index contributed by atoms with van der Waals surface area (Å²) in [5, 5.41) is 8.88. The molecule has 0 aliphatic carbocycles. The Morgan fingerprint density at radius 3 is 3.20 bits per heavy atom. The number of aliphatic hydroxyl groups is 1. The van der Waals surface area contributed by atoms with E-state index in [4.69, 9.17) is 15.6 Å². The fourth-order valence-electron chi connectivity index (χ4n) is 1.33. The summed E-state index contributed by atoms with van der Waals surface area (Å²) in [6.07, 6.45) is 1.18. The Balaban J connectivity index is 2.20. The van der Waals surface area contributed by atoms with Crippen molar-refractivity contribution in [2.45, 2.75) is 11.7 Å². The summed E-state index contributed by atoms with van der Waals surface area (Å²) in [6.45, 7) is -0.0572. The van der Waals surface area contributed by atoms with Crippen molar-refractivity contribution >= 4 is 17.6 Å². The molecule has 1 aliphatic rings. The van der Waals surface area contributed by atoms with Gasteiger partial charge in [-0.05, 0) is 6.07 Å². The Morgan fingerprint density at radius 1 is 1.80 bits per heavy atom. The predicted octanol–water partition coefficient (Wildman–Crippen LogP) is -0.594. The number of nitrogen functional groups attached to an aromatic ring is 1. The molecule has 0 amide bonds. The molecule has 0 radical (unpaired) electrons. The Hall–Kier alpha value is -1.05. The quantitative estimate of drug-likeness (QED) is 0.704. The molecule has 7 heteroatoms. The lowest BCUT2D eigenvalue weighted by Crippen LogP contribution is -2.28. The number of aliphatic hydroxyl groups excluding tert-OH is 1. The first-order valence-corrected chi connectivity index (χ1v) is 5.48. The number of nitrogens with two attached hydrogens (primary N) is 1. The molecule has 6 nitrogen and oxygen atoms in total. The van der Waals surface area contributed by atoms with Crippen molar-refractivity contribution in [3.05, 3.63) is 22.7 Å². The van der Waals surface area contributed by atoms with E-state index >= 15 is 0 Å². The first-order valence-electron chi connectivity index (χ1n) is 4.43. The van der Waals surface area contributed by atoms with Gasteiger partial charge in [-0.25, -0.2) is 4.79 Å². The van der Waals surface area contributed by atoms with Crippen LogP contribution in [-0.2, 0) is 4.74 Å². The SMILES string of the molecule is Nc1ccn([C@H]2CSC(CO)O2)c(=O)n1. The minimum atomic E-state index is -0.431. The fraction of sp³-hybridized carbons (Fsp3) is 0.500. The zero-order valence-corrected chi connectivity index (χ0v) is 8.68. The first-order chi connectivity index (χ1) is 7.20. The van der Waals surface area contributed by atoms with E-state index < -0.39 is 5.69 Å². The van der Waals surface area contributed by atoms with Crippen LogP contribution in [0.5, 0.6) is 0 Å². The van der Waals surface area contributed by atoms with Crippen LogP contribution in [0.3, 0.4) is 0 Å². The van der Waals surface area contributed by atoms with Crippen molar-refractivity contribution in [3.63, 3.8) is 0 Å². The minimum Gasteiger partial charge on any atom is -0.393 e. The van der Waals surface area contributed by atoms with Gasteiger partial charge >= 0.3 is 5.69 Å². The molecule has 2 rings (SSSR count). The van der Waals surface area contributed by atoms with Crippen molar-refractivity contribution in [2.24, 2.45) is 0 Å². The van der Waals surface area contributed by atoms with Gasteiger partial charge in [0.15, 0.2) is 0 Å². The number of ether oxygens (including phenoxy) is 1.